The van der Waals surface area contributed by atoms with Crippen molar-refractivity contribution >= 4 is 11.6 Å². The van der Waals surface area contributed by atoms with E-state index in [4.69, 9.17) is 9.84 Å². The van der Waals surface area contributed by atoms with Crippen LogP contribution in [0.15, 0.2) is 30.3 Å². The van der Waals surface area contributed by atoms with Gasteiger partial charge in [0.15, 0.2) is 5.69 Å². The maximum Gasteiger partial charge on any atom is 0.276 e. The molecule has 1 amide bonds. The Labute approximate surface area is 129 Å². The molecule has 0 saturated heterocycles. The van der Waals surface area contributed by atoms with Gasteiger partial charge in [-0.2, -0.15) is 5.10 Å². The number of ether oxygens (including phenoxy) is 1. The predicted molar refractivity (Wildman–Crippen MR) is 84.3 cm³/mol. The van der Waals surface area contributed by atoms with Crippen LogP contribution in [0.4, 0.5) is 5.69 Å². The third-order valence-corrected chi connectivity index (χ3v) is 3.09. The lowest BCUT2D eigenvalue weighted by Gasteiger charge is -2.14. The molecule has 3 N–H and O–H groups in total. The van der Waals surface area contributed by atoms with E-state index in [1.165, 1.54) is 0 Å². The van der Waals surface area contributed by atoms with E-state index in [0.29, 0.717) is 17.1 Å². The molecule has 0 atom stereocenters. The molecule has 22 heavy (non-hydrogen) atoms. The number of carbonyl (C=O) groups excluding carboxylic acids is 1. The first-order valence-corrected chi connectivity index (χ1v) is 7.11. The Morgan fingerprint density at radius 3 is 2.55 bits per heavy atom. The maximum atomic E-state index is 12.2. The highest BCUT2D eigenvalue weighted by Crippen LogP contribution is 2.21. The lowest BCUT2D eigenvalue weighted by atomic mass is 9.92. The molecule has 2 aromatic rings. The molecule has 0 unspecified atom stereocenters. The number of benzene rings is 1. The first-order valence-electron chi connectivity index (χ1n) is 7.11. The number of nitrogens with one attached hydrogen (secondary N) is 2. The highest BCUT2D eigenvalue weighted by Gasteiger charge is 2.19. The monoisotopic (exact) mass is 303 g/mol. The van der Waals surface area contributed by atoms with Crippen LogP contribution in [0, 0.1) is 0 Å². The Morgan fingerprint density at radius 2 is 2.00 bits per heavy atom. The molecule has 0 fully saturated rings. The first kappa shape index (κ1) is 16.0. The number of anilines is 1. The fourth-order valence-electron chi connectivity index (χ4n) is 1.82. The van der Waals surface area contributed by atoms with Crippen LogP contribution < -0.4 is 10.1 Å². The van der Waals surface area contributed by atoms with Crippen molar-refractivity contribution in [3.05, 3.63) is 41.7 Å². The summed E-state index contributed by atoms with van der Waals surface area (Å²) in [5.41, 5.74) is 1.83. The zero-order valence-electron chi connectivity index (χ0n) is 13.0. The zero-order chi connectivity index (χ0) is 16.2. The molecule has 0 radical (unpaired) electrons. The molecule has 0 aliphatic heterocycles. The van der Waals surface area contributed by atoms with E-state index < -0.39 is 0 Å². The van der Waals surface area contributed by atoms with Crippen LogP contribution in [-0.2, 0) is 5.41 Å². The summed E-state index contributed by atoms with van der Waals surface area (Å²) in [5, 5.41) is 18.4. The second kappa shape index (κ2) is 6.62. The average Bonchev–Trinajstić information content (AvgIpc) is 2.96. The largest absolute Gasteiger partial charge is 0.491 e. The van der Waals surface area contributed by atoms with Gasteiger partial charge in [-0.05, 0) is 30.3 Å². The van der Waals surface area contributed by atoms with E-state index >= 15 is 0 Å². The van der Waals surface area contributed by atoms with Crippen molar-refractivity contribution in [2.24, 2.45) is 0 Å². The third kappa shape index (κ3) is 4.08. The lowest BCUT2D eigenvalue weighted by Crippen LogP contribution is -2.13. The van der Waals surface area contributed by atoms with Crippen molar-refractivity contribution in [3.63, 3.8) is 0 Å². The number of nitrogens with zero attached hydrogens (tertiary/aromatic N) is 1. The molecule has 2 rings (SSSR count). The molecule has 0 spiro atoms. The van der Waals surface area contributed by atoms with Crippen LogP contribution in [0.2, 0.25) is 0 Å². The quantitative estimate of drug-likeness (QED) is 0.791. The highest BCUT2D eigenvalue weighted by atomic mass is 16.5. The summed E-state index contributed by atoms with van der Waals surface area (Å²) in [6.07, 6.45) is 0. The molecular weight excluding hydrogens is 282 g/mol. The van der Waals surface area contributed by atoms with Gasteiger partial charge in [-0.1, -0.05) is 20.8 Å². The summed E-state index contributed by atoms with van der Waals surface area (Å²) in [5.74, 6) is 0.373. The summed E-state index contributed by atoms with van der Waals surface area (Å²) in [6, 6.07) is 8.70. The molecule has 0 aliphatic carbocycles. The van der Waals surface area contributed by atoms with Gasteiger partial charge in [-0.25, -0.2) is 0 Å². The number of aromatic nitrogens is 2. The van der Waals surface area contributed by atoms with E-state index in [9.17, 15) is 4.79 Å². The highest BCUT2D eigenvalue weighted by molar-refractivity contribution is 6.02. The van der Waals surface area contributed by atoms with Gasteiger partial charge in [0.25, 0.3) is 5.91 Å². The zero-order valence-corrected chi connectivity index (χ0v) is 13.0. The van der Waals surface area contributed by atoms with Crippen LogP contribution in [-0.4, -0.2) is 34.4 Å². The number of carbonyl (C=O) groups is 1. The molecule has 1 heterocycles. The smallest absolute Gasteiger partial charge is 0.276 e. The summed E-state index contributed by atoms with van der Waals surface area (Å²) in [4.78, 5) is 12.2. The van der Waals surface area contributed by atoms with Gasteiger partial charge in [0.1, 0.15) is 12.4 Å². The summed E-state index contributed by atoms with van der Waals surface area (Å²) < 4.78 is 5.26. The molecule has 1 aromatic carbocycles. The van der Waals surface area contributed by atoms with Crippen LogP contribution in [0.3, 0.4) is 0 Å². The Hall–Kier alpha value is -2.34. The van der Waals surface area contributed by atoms with E-state index in [2.05, 4.69) is 15.5 Å². The minimum Gasteiger partial charge on any atom is -0.491 e. The molecule has 118 valence electrons. The number of H-pyrrole nitrogens is 1. The summed E-state index contributed by atoms with van der Waals surface area (Å²) in [7, 11) is 0. The third-order valence-electron chi connectivity index (χ3n) is 3.09. The molecule has 6 nitrogen and oxygen atoms in total. The first-order chi connectivity index (χ1) is 10.4. The van der Waals surface area contributed by atoms with Crippen LogP contribution in [0.1, 0.15) is 37.0 Å². The van der Waals surface area contributed by atoms with Gasteiger partial charge >= 0.3 is 0 Å². The number of hydrogen-bond donors (Lipinski definition) is 3. The molecule has 0 aliphatic rings. The standard InChI is InChI=1S/C16H21N3O3/c1-16(2,3)14-10-13(18-19-14)15(21)17-11-4-6-12(7-5-11)22-9-8-20/h4-7,10,20H,8-9H2,1-3H3,(H,17,21)(H,18,19). The molecule has 0 saturated carbocycles. The minimum absolute atomic E-state index is 0.0340. The van der Waals surface area contributed by atoms with E-state index in [0.717, 1.165) is 5.69 Å². The minimum atomic E-state index is -0.268. The number of aromatic amines is 1. The second-order valence-corrected chi connectivity index (χ2v) is 5.97. The number of aliphatic hydroxyl groups is 1. The molecule has 6 heteroatoms. The van der Waals surface area contributed by atoms with Gasteiger partial charge in [0.2, 0.25) is 0 Å². The molecule has 1 aromatic heterocycles. The van der Waals surface area contributed by atoms with E-state index in [1.54, 1.807) is 30.3 Å². The van der Waals surface area contributed by atoms with E-state index in [-0.39, 0.29) is 24.5 Å². The van der Waals surface area contributed by atoms with E-state index in [1.807, 2.05) is 20.8 Å². The molecule has 0 bridgehead atoms. The van der Waals surface area contributed by atoms with Crippen LogP contribution in [0.25, 0.3) is 0 Å². The SMILES string of the molecule is CC(C)(C)c1cc(C(=O)Nc2ccc(OCCO)cc2)n[nH]1. The summed E-state index contributed by atoms with van der Waals surface area (Å²) in [6.45, 7) is 6.36. The van der Waals surface area contributed by atoms with Gasteiger partial charge in [0.05, 0.1) is 6.61 Å². The van der Waals surface area contributed by atoms with Crippen molar-refractivity contribution in [1.82, 2.24) is 10.2 Å². The van der Waals surface area contributed by atoms with Crippen molar-refractivity contribution in [2.75, 3.05) is 18.5 Å². The van der Waals surface area contributed by atoms with Crippen molar-refractivity contribution in [2.45, 2.75) is 26.2 Å². The van der Waals surface area contributed by atoms with Crippen LogP contribution in [0.5, 0.6) is 5.75 Å². The van der Waals surface area contributed by atoms with Gasteiger partial charge in [0, 0.05) is 16.8 Å². The predicted octanol–water partition coefficient (Wildman–Crippen LogP) is 2.33. The van der Waals surface area contributed by atoms with Gasteiger partial charge < -0.3 is 15.2 Å². The van der Waals surface area contributed by atoms with Crippen molar-refractivity contribution in [3.8, 4) is 5.75 Å². The van der Waals surface area contributed by atoms with Gasteiger partial charge in [-0.15, -0.1) is 0 Å². The molecular formula is C16H21N3O3. The number of amides is 1. The lowest BCUT2D eigenvalue weighted by molar-refractivity contribution is 0.102. The Balaban J connectivity index is 2.01. The topological polar surface area (TPSA) is 87.2 Å². The summed E-state index contributed by atoms with van der Waals surface area (Å²) >= 11 is 0. The number of aliphatic hydroxyl groups excluding tert-OH is 1. The van der Waals surface area contributed by atoms with Crippen molar-refractivity contribution < 1.29 is 14.6 Å². The van der Waals surface area contributed by atoms with Crippen molar-refractivity contribution in [1.29, 1.82) is 0 Å². The van der Waals surface area contributed by atoms with Gasteiger partial charge in [-0.3, -0.25) is 9.89 Å². The Bertz CT molecular complexity index is 627. The maximum absolute atomic E-state index is 12.2. The van der Waals surface area contributed by atoms with Crippen LogP contribution >= 0.6 is 0 Å². The fraction of sp³-hybridized carbons (Fsp3) is 0.375. The number of hydrogen-bond acceptors (Lipinski definition) is 4. The number of rotatable bonds is 5. The average molecular weight is 303 g/mol. The Morgan fingerprint density at radius 1 is 1.32 bits per heavy atom. The Kier molecular flexibility index (Phi) is 4.82. The fourth-order valence-corrected chi connectivity index (χ4v) is 1.82. The second-order valence-electron chi connectivity index (χ2n) is 5.97. The normalized spacial score (nSPS) is 11.3.